The van der Waals surface area contributed by atoms with Gasteiger partial charge in [-0.05, 0) is 75.2 Å². The van der Waals surface area contributed by atoms with Gasteiger partial charge < -0.3 is 14.6 Å². The number of nitrogens with zero attached hydrogens (tertiary/aromatic N) is 2. The number of aldehydes is 1. The van der Waals surface area contributed by atoms with Crippen molar-refractivity contribution in [1.29, 1.82) is 0 Å². The third-order valence-corrected chi connectivity index (χ3v) is 8.11. The lowest BCUT2D eigenvalue weighted by molar-refractivity contribution is -0.112. The summed E-state index contributed by atoms with van der Waals surface area (Å²) in [5.74, 6) is 1.12. The zero-order valence-electron chi connectivity index (χ0n) is 20.0. The summed E-state index contributed by atoms with van der Waals surface area (Å²) in [5.41, 5.74) is 1.92. The summed E-state index contributed by atoms with van der Waals surface area (Å²) in [6, 6.07) is 5.75. The molecule has 0 N–H and O–H groups in total. The van der Waals surface area contributed by atoms with Crippen molar-refractivity contribution in [3.05, 3.63) is 29.3 Å². The molecule has 3 rings (SSSR count). The van der Waals surface area contributed by atoms with Gasteiger partial charge in [0.1, 0.15) is 6.29 Å². The Morgan fingerprint density at radius 2 is 1.72 bits per heavy atom. The maximum atomic E-state index is 12.8. The summed E-state index contributed by atoms with van der Waals surface area (Å²) >= 11 is 1.88. The first-order valence-electron chi connectivity index (χ1n) is 13.0. The minimum absolute atomic E-state index is 0.0216. The van der Waals surface area contributed by atoms with Crippen LogP contribution in [0, 0.1) is 0 Å². The maximum absolute atomic E-state index is 12.8. The lowest BCUT2D eigenvalue weighted by Gasteiger charge is -2.26. The molecule has 5 heteroatoms. The number of carbonyl (C=O) groups is 2. The molecule has 2 aliphatic heterocycles. The molecule has 1 amide bonds. The fraction of sp³-hybridized carbons (Fsp3) is 0.704. The Hall–Kier alpha value is -1.33. The number of unbranched alkanes of at least 4 members (excludes halogenated alkanes) is 6. The largest absolute Gasteiger partial charge is 0.324 e. The van der Waals surface area contributed by atoms with E-state index in [9.17, 15) is 9.59 Å². The van der Waals surface area contributed by atoms with E-state index in [-0.39, 0.29) is 11.9 Å². The average molecular weight is 459 g/mol. The molecule has 1 saturated heterocycles. The zero-order chi connectivity index (χ0) is 22.6. The summed E-state index contributed by atoms with van der Waals surface area (Å²) < 4.78 is 0. The second kappa shape index (κ2) is 14.0. The molecule has 0 radical (unpaired) electrons. The van der Waals surface area contributed by atoms with E-state index in [2.05, 4.69) is 17.9 Å². The first-order valence-corrected chi connectivity index (χ1v) is 14.0. The molecule has 1 aromatic rings. The van der Waals surface area contributed by atoms with Crippen LogP contribution in [0.4, 0.5) is 0 Å². The van der Waals surface area contributed by atoms with Crippen LogP contribution < -0.4 is 0 Å². The molecule has 0 saturated carbocycles. The minimum Gasteiger partial charge on any atom is -0.324 e. The smallest absolute Gasteiger partial charge is 0.255 e. The minimum atomic E-state index is -0.294. The number of hydrogen-bond donors (Lipinski definition) is 0. The quantitative estimate of drug-likeness (QED) is 0.175. The second-order valence-electron chi connectivity index (χ2n) is 9.43. The summed E-state index contributed by atoms with van der Waals surface area (Å²) in [6.07, 6.45) is 16.2. The summed E-state index contributed by atoms with van der Waals surface area (Å²) in [6.45, 7) is 6.60. The molecule has 0 aromatic heterocycles. The van der Waals surface area contributed by atoms with E-state index in [1.165, 1.54) is 88.7 Å². The van der Waals surface area contributed by atoms with Crippen LogP contribution in [0.25, 0.3) is 0 Å². The molecule has 0 spiro atoms. The van der Waals surface area contributed by atoms with Crippen LogP contribution in [-0.4, -0.2) is 53.4 Å². The number of thioether (sulfide) groups is 1. The highest BCUT2D eigenvalue weighted by atomic mass is 32.2. The molecular formula is C27H42N2O2S. The Balaban J connectivity index is 1.29. The number of benzene rings is 1. The third kappa shape index (κ3) is 7.34. The Morgan fingerprint density at radius 3 is 2.44 bits per heavy atom. The van der Waals surface area contributed by atoms with E-state index in [1.54, 1.807) is 4.90 Å². The Morgan fingerprint density at radius 1 is 1.00 bits per heavy atom. The molecule has 0 aliphatic carbocycles. The van der Waals surface area contributed by atoms with Crippen LogP contribution in [-0.2, 0) is 11.3 Å². The highest BCUT2D eigenvalue weighted by Crippen LogP contribution is 2.34. The van der Waals surface area contributed by atoms with Gasteiger partial charge in [-0.3, -0.25) is 4.79 Å². The van der Waals surface area contributed by atoms with Gasteiger partial charge in [0, 0.05) is 17.0 Å². The highest BCUT2D eigenvalue weighted by molar-refractivity contribution is 7.99. The van der Waals surface area contributed by atoms with E-state index in [4.69, 9.17) is 0 Å². The lowest BCUT2D eigenvalue weighted by Crippen LogP contribution is -2.36. The topological polar surface area (TPSA) is 40.6 Å². The number of fused-ring (bicyclic) bond motifs is 1. The van der Waals surface area contributed by atoms with Crippen molar-refractivity contribution in [3.63, 3.8) is 0 Å². The van der Waals surface area contributed by atoms with Crippen LogP contribution in [0.5, 0.6) is 0 Å². The number of hydrogen-bond acceptors (Lipinski definition) is 4. The molecule has 4 nitrogen and oxygen atoms in total. The summed E-state index contributed by atoms with van der Waals surface area (Å²) in [7, 11) is 0. The lowest BCUT2D eigenvalue weighted by atomic mass is 10.1. The Bertz CT molecular complexity index is 718. The predicted molar refractivity (Wildman–Crippen MR) is 134 cm³/mol. The molecule has 2 heterocycles. The van der Waals surface area contributed by atoms with Gasteiger partial charge in [-0.2, -0.15) is 0 Å². The number of rotatable bonds is 15. The van der Waals surface area contributed by atoms with Crippen LogP contribution in [0.15, 0.2) is 23.1 Å². The average Bonchev–Trinajstić information content (AvgIpc) is 3.16. The fourth-order valence-electron chi connectivity index (χ4n) is 5.01. The molecule has 1 aromatic carbocycles. The maximum Gasteiger partial charge on any atom is 0.255 e. The SMILES string of the molecule is CCCC(C=O)N1Cc2c(SCCCCCCCCCN3CCCCC3)cccc2C1=O. The van der Waals surface area contributed by atoms with Gasteiger partial charge in [0.2, 0.25) is 0 Å². The Kier molecular flexibility index (Phi) is 11.1. The second-order valence-corrected chi connectivity index (χ2v) is 10.6. The Labute approximate surface area is 199 Å². The van der Waals surface area contributed by atoms with Gasteiger partial charge in [0.25, 0.3) is 5.91 Å². The third-order valence-electron chi connectivity index (χ3n) is 6.92. The van der Waals surface area contributed by atoms with E-state index in [0.29, 0.717) is 6.54 Å². The summed E-state index contributed by atoms with van der Waals surface area (Å²) in [5, 5.41) is 0. The van der Waals surface area contributed by atoms with Crippen molar-refractivity contribution in [1.82, 2.24) is 9.80 Å². The standard InChI is InChI=1S/C27H42N2O2S/c1-2-14-23(22-30)29-21-25-24(27(29)31)15-13-16-26(25)32-20-12-7-5-3-4-6-9-17-28-18-10-8-11-19-28/h13,15-16,22-23H,2-12,14,17-21H2,1H3. The number of amides is 1. The van der Waals surface area contributed by atoms with E-state index < -0.39 is 0 Å². The van der Waals surface area contributed by atoms with Gasteiger partial charge in [-0.25, -0.2) is 0 Å². The van der Waals surface area contributed by atoms with Crippen molar-refractivity contribution in [3.8, 4) is 0 Å². The van der Waals surface area contributed by atoms with Crippen molar-refractivity contribution >= 4 is 24.0 Å². The van der Waals surface area contributed by atoms with E-state index in [0.717, 1.165) is 36.0 Å². The molecule has 2 aliphatic rings. The van der Waals surface area contributed by atoms with Gasteiger partial charge >= 0.3 is 0 Å². The van der Waals surface area contributed by atoms with Gasteiger partial charge in [0.15, 0.2) is 0 Å². The number of carbonyl (C=O) groups excluding carboxylic acids is 2. The van der Waals surface area contributed by atoms with Gasteiger partial charge in [-0.1, -0.05) is 57.9 Å². The van der Waals surface area contributed by atoms with Crippen LogP contribution in [0.2, 0.25) is 0 Å². The van der Waals surface area contributed by atoms with Crippen LogP contribution in [0.3, 0.4) is 0 Å². The molecule has 0 bridgehead atoms. The van der Waals surface area contributed by atoms with Crippen LogP contribution in [0.1, 0.15) is 99.9 Å². The predicted octanol–water partition coefficient (Wildman–Crippen LogP) is 6.32. The van der Waals surface area contributed by atoms with Crippen molar-refractivity contribution in [2.75, 3.05) is 25.4 Å². The molecule has 1 atom stereocenters. The van der Waals surface area contributed by atoms with Crippen LogP contribution >= 0.6 is 11.8 Å². The van der Waals surface area contributed by atoms with Crippen molar-refractivity contribution in [2.45, 2.75) is 101 Å². The number of likely N-dealkylation sites (tertiary alicyclic amines) is 1. The normalized spacial score (nSPS) is 17.5. The molecule has 32 heavy (non-hydrogen) atoms. The van der Waals surface area contributed by atoms with Gasteiger partial charge in [0.05, 0.1) is 6.04 Å². The van der Waals surface area contributed by atoms with Gasteiger partial charge in [-0.15, -0.1) is 11.8 Å². The van der Waals surface area contributed by atoms with Crippen molar-refractivity contribution < 1.29 is 9.59 Å². The molecule has 178 valence electrons. The number of piperidine rings is 1. The highest BCUT2D eigenvalue weighted by Gasteiger charge is 2.33. The molecule has 1 unspecified atom stereocenters. The van der Waals surface area contributed by atoms with Crippen molar-refractivity contribution in [2.24, 2.45) is 0 Å². The first-order chi connectivity index (χ1) is 15.7. The summed E-state index contributed by atoms with van der Waals surface area (Å²) in [4.78, 5) is 29.9. The first kappa shape index (κ1) is 25.3. The molecule has 1 fully saturated rings. The zero-order valence-corrected chi connectivity index (χ0v) is 20.8. The fourth-order valence-corrected chi connectivity index (χ4v) is 6.10. The van der Waals surface area contributed by atoms with E-state index in [1.807, 2.05) is 23.9 Å². The van der Waals surface area contributed by atoms with E-state index >= 15 is 0 Å². The molecular weight excluding hydrogens is 416 g/mol. The monoisotopic (exact) mass is 458 g/mol.